The van der Waals surface area contributed by atoms with Gasteiger partial charge in [-0.25, -0.2) is 0 Å². The molecule has 25 heavy (non-hydrogen) atoms. The zero-order chi connectivity index (χ0) is 18.4. The number of hydrogen-bond donors (Lipinski definition) is 1. The van der Waals surface area contributed by atoms with E-state index < -0.39 is 0 Å². The first kappa shape index (κ1) is 19.0. The molecule has 0 heterocycles. The fraction of sp³-hybridized carbons (Fsp3) is 0.300. The standard InChI is InChI=1S/C20H23ClN2O2/c1-14-5-4-6-17(11-14)13-22-20(25)9-10-23(16(3)24)19-8-7-18(21)12-15(19)2/h4-8,11-12H,9-10,13H2,1-3H3,(H,22,25). The molecule has 0 spiro atoms. The number of hydrogen-bond acceptors (Lipinski definition) is 2. The Morgan fingerprint density at radius 1 is 1.12 bits per heavy atom. The molecule has 0 unspecified atom stereocenters. The van der Waals surface area contributed by atoms with Crippen LogP contribution in [0.5, 0.6) is 0 Å². The smallest absolute Gasteiger partial charge is 0.223 e. The van der Waals surface area contributed by atoms with Gasteiger partial charge in [-0.1, -0.05) is 41.4 Å². The molecular weight excluding hydrogens is 336 g/mol. The van der Waals surface area contributed by atoms with Gasteiger partial charge in [0.05, 0.1) is 0 Å². The number of halogens is 1. The number of carbonyl (C=O) groups excluding carboxylic acids is 2. The highest BCUT2D eigenvalue weighted by molar-refractivity contribution is 6.30. The molecule has 0 radical (unpaired) electrons. The van der Waals surface area contributed by atoms with Crippen LogP contribution in [0.1, 0.15) is 30.0 Å². The monoisotopic (exact) mass is 358 g/mol. The van der Waals surface area contributed by atoms with E-state index in [-0.39, 0.29) is 18.2 Å². The maximum absolute atomic E-state index is 12.1. The highest BCUT2D eigenvalue weighted by atomic mass is 35.5. The highest BCUT2D eigenvalue weighted by Crippen LogP contribution is 2.24. The van der Waals surface area contributed by atoms with Gasteiger partial charge in [0.2, 0.25) is 11.8 Å². The molecule has 0 aliphatic rings. The van der Waals surface area contributed by atoms with Crippen LogP contribution in [0.2, 0.25) is 5.02 Å². The second-order valence-electron chi connectivity index (χ2n) is 6.12. The fourth-order valence-electron chi connectivity index (χ4n) is 2.69. The Morgan fingerprint density at radius 2 is 1.88 bits per heavy atom. The molecule has 2 rings (SSSR count). The first-order chi connectivity index (χ1) is 11.9. The lowest BCUT2D eigenvalue weighted by Gasteiger charge is -2.23. The molecule has 0 fully saturated rings. The van der Waals surface area contributed by atoms with Crippen molar-refractivity contribution in [3.63, 3.8) is 0 Å². The normalized spacial score (nSPS) is 10.4. The summed E-state index contributed by atoms with van der Waals surface area (Å²) in [5.41, 5.74) is 3.91. The van der Waals surface area contributed by atoms with E-state index in [0.29, 0.717) is 18.1 Å². The molecule has 132 valence electrons. The van der Waals surface area contributed by atoms with Crippen LogP contribution in [-0.2, 0) is 16.1 Å². The zero-order valence-electron chi connectivity index (χ0n) is 14.8. The molecule has 0 aromatic heterocycles. The zero-order valence-corrected chi connectivity index (χ0v) is 15.6. The SMILES string of the molecule is CC(=O)N(CCC(=O)NCc1cccc(C)c1)c1ccc(Cl)cc1C. The van der Waals surface area contributed by atoms with Gasteiger partial charge in [-0.05, 0) is 43.2 Å². The predicted octanol–water partition coefficient (Wildman–Crippen LogP) is 4.02. The van der Waals surface area contributed by atoms with E-state index in [1.807, 2.05) is 50.2 Å². The van der Waals surface area contributed by atoms with Crippen LogP contribution in [0.3, 0.4) is 0 Å². The number of amides is 2. The quantitative estimate of drug-likeness (QED) is 0.848. The molecule has 2 aromatic carbocycles. The Kier molecular flexibility index (Phi) is 6.59. The molecule has 0 aliphatic heterocycles. The van der Waals surface area contributed by atoms with Crippen molar-refractivity contribution in [1.29, 1.82) is 0 Å². The Morgan fingerprint density at radius 3 is 2.52 bits per heavy atom. The molecule has 0 atom stereocenters. The van der Waals surface area contributed by atoms with E-state index in [1.165, 1.54) is 6.92 Å². The number of anilines is 1. The average molecular weight is 359 g/mol. The van der Waals surface area contributed by atoms with Gasteiger partial charge in [0, 0.05) is 37.1 Å². The Balaban J connectivity index is 1.94. The predicted molar refractivity (Wildman–Crippen MR) is 102 cm³/mol. The summed E-state index contributed by atoms with van der Waals surface area (Å²) in [4.78, 5) is 25.7. The summed E-state index contributed by atoms with van der Waals surface area (Å²) in [7, 11) is 0. The molecule has 0 saturated heterocycles. The van der Waals surface area contributed by atoms with Crippen molar-refractivity contribution in [2.24, 2.45) is 0 Å². The van der Waals surface area contributed by atoms with E-state index in [9.17, 15) is 9.59 Å². The largest absolute Gasteiger partial charge is 0.352 e. The van der Waals surface area contributed by atoms with Crippen molar-refractivity contribution < 1.29 is 9.59 Å². The maximum Gasteiger partial charge on any atom is 0.223 e. The Hall–Kier alpha value is -2.33. The number of carbonyl (C=O) groups is 2. The number of rotatable bonds is 6. The number of benzene rings is 2. The summed E-state index contributed by atoms with van der Waals surface area (Å²) < 4.78 is 0. The minimum absolute atomic E-state index is 0.0839. The second kappa shape index (κ2) is 8.67. The van der Waals surface area contributed by atoms with Gasteiger partial charge in [-0.15, -0.1) is 0 Å². The molecular formula is C20H23ClN2O2. The Bertz CT molecular complexity index is 774. The fourth-order valence-corrected chi connectivity index (χ4v) is 2.92. The van der Waals surface area contributed by atoms with Crippen molar-refractivity contribution in [1.82, 2.24) is 5.32 Å². The summed E-state index contributed by atoms with van der Waals surface area (Å²) in [5.74, 6) is -0.184. The van der Waals surface area contributed by atoms with Crippen molar-refractivity contribution in [2.75, 3.05) is 11.4 Å². The maximum atomic E-state index is 12.1. The van der Waals surface area contributed by atoms with Gasteiger partial charge in [-0.3, -0.25) is 9.59 Å². The van der Waals surface area contributed by atoms with E-state index in [1.54, 1.807) is 11.0 Å². The Labute approximate surface area is 153 Å². The minimum atomic E-state index is -0.100. The number of nitrogens with one attached hydrogen (secondary N) is 1. The van der Waals surface area contributed by atoms with Crippen LogP contribution in [-0.4, -0.2) is 18.4 Å². The van der Waals surface area contributed by atoms with Crippen molar-refractivity contribution >= 4 is 29.1 Å². The average Bonchev–Trinajstić information content (AvgIpc) is 2.54. The third kappa shape index (κ3) is 5.61. The second-order valence-corrected chi connectivity index (χ2v) is 6.55. The van der Waals surface area contributed by atoms with Gasteiger partial charge in [0.15, 0.2) is 0 Å². The number of nitrogens with zero attached hydrogens (tertiary/aromatic N) is 1. The molecule has 2 aromatic rings. The molecule has 1 N–H and O–H groups in total. The summed E-state index contributed by atoms with van der Waals surface area (Å²) in [6.07, 6.45) is 0.244. The van der Waals surface area contributed by atoms with Crippen molar-refractivity contribution in [3.05, 3.63) is 64.2 Å². The van der Waals surface area contributed by atoms with E-state index >= 15 is 0 Å². The number of aryl methyl sites for hydroxylation is 2. The molecule has 4 nitrogen and oxygen atoms in total. The highest BCUT2D eigenvalue weighted by Gasteiger charge is 2.15. The molecule has 0 bridgehead atoms. The van der Waals surface area contributed by atoms with Crippen molar-refractivity contribution in [2.45, 2.75) is 33.7 Å². The van der Waals surface area contributed by atoms with Gasteiger partial charge < -0.3 is 10.2 Å². The lowest BCUT2D eigenvalue weighted by Crippen LogP contribution is -2.34. The summed E-state index contributed by atoms with van der Waals surface area (Å²) >= 11 is 5.97. The lowest BCUT2D eigenvalue weighted by molar-refractivity contribution is -0.121. The molecule has 2 amide bonds. The van der Waals surface area contributed by atoms with Crippen LogP contribution in [0.4, 0.5) is 5.69 Å². The molecule has 0 aliphatic carbocycles. The van der Waals surface area contributed by atoms with Gasteiger partial charge in [-0.2, -0.15) is 0 Å². The van der Waals surface area contributed by atoms with Crippen LogP contribution in [0, 0.1) is 13.8 Å². The topological polar surface area (TPSA) is 49.4 Å². The van der Waals surface area contributed by atoms with Gasteiger partial charge in [0.1, 0.15) is 0 Å². The van der Waals surface area contributed by atoms with E-state index in [2.05, 4.69) is 5.32 Å². The first-order valence-corrected chi connectivity index (χ1v) is 8.61. The van der Waals surface area contributed by atoms with Crippen molar-refractivity contribution in [3.8, 4) is 0 Å². The van der Waals surface area contributed by atoms with Crippen LogP contribution >= 0.6 is 11.6 Å². The summed E-state index contributed by atoms with van der Waals surface area (Å²) in [5, 5.41) is 3.52. The third-order valence-electron chi connectivity index (χ3n) is 3.96. The summed E-state index contributed by atoms with van der Waals surface area (Å²) in [6, 6.07) is 13.4. The minimum Gasteiger partial charge on any atom is -0.352 e. The van der Waals surface area contributed by atoms with Crippen LogP contribution in [0.15, 0.2) is 42.5 Å². The van der Waals surface area contributed by atoms with Gasteiger partial charge >= 0.3 is 0 Å². The molecule has 0 saturated carbocycles. The van der Waals surface area contributed by atoms with Crippen LogP contribution < -0.4 is 10.2 Å². The third-order valence-corrected chi connectivity index (χ3v) is 4.20. The lowest BCUT2D eigenvalue weighted by atomic mass is 10.1. The summed E-state index contributed by atoms with van der Waals surface area (Å²) in [6.45, 7) is 6.23. The molecule has 5 heteroatoms. The van der Waals surface area contributed by atoms with Gasteiger partial charge in [0.25, 0.3) is 0 Å². The van der Waals surface area contributed by atoms with Crippen LogP contribution in [0.25, 0.3) is 0 Å². The van der Waals surface area contributed by atoms with E-state index in [4.69, 9.17) is 11.6 Å². The first-order valence-electron chi connectivity index (χ1n) is 8.23. The van der Waals surface area contributed by atoms with E-state index in [0.717, 1.165) is 22.4 Å².